The van der Waals surface area contributed by atoms with Gasteiger partial charge in [-0.05, 0) is 18.6 Å². The van der Waals surface area contributed by atoms with Gasteiger partial charge in [0.1, 0.15) is 0 Å². The Morgan fingerprint density at radius 1 is 1.54 bits per heavy atom. The molecule has 1 atom stereocenters. The van der Waals surface area contributed by atoms with Crippen LogP contribution in [-0.4, -0.2) is 23.5 Å². The third kappa shape index (κ3) is 3.59. The topological polar surface area (TPSA) is 29.1 Å². The molecule has 1 heterocycles. The van der Waals surface area contributed by atoms with E-state index in [9.17, 15) is 4.79 Å². The van der Waals surface area contributed by atoms with E-state index in [-0.39, 0.29) is 11.3 Å². The van der Waals surface area contributed by atoms with Crippen molar-refractivity contribution >= 4 is 17.7 Å². The monoisotopic (exact) mass is 201 g/mol. The standard InChI is InChI=1S/C10H19NOS/c1-10(2,3)9(12)11-7-8-5-4-6-13-8/h8H,4-7H2,1-3H3,(H,11,12). The van der Waals surface area contributed by atoms with Crippen LogP contribution in [0.15, 0.2) is 0 Å². The molecular formula is C10H19NOS. The van der Waals surface area contributed by atoms with E-state index in [0.717, 1.165) is 6.54 Å². The summed E-state index contributed by atoms with van der Waals surface area (Å²) in [5, 5.41) is 3.66. The summed E-state index contributed by atoms with van der Waals surface area (Å²) in [5.41, 5.74) is -0.247. The molecule has 1 rings (SSSR count). The Hall–Kier alpha value is -0.180. The molecule has 0 aromatic rings. The molecule has 13 heavy (non-hydrogen) atoms. The molecular weight excluding hydrogens is 182 g/mol. The highest BCUT2D eigenvalue weighted by molar-refractivity contribution is 8.00. The predicted octanol–water partition coefficient (Wildman–Crippen LogP) is 2.04. The normalized spacial score (nSPS) is 23.2. The minimum absolute atomic E-state index is 0.167. The molecule has 0 radical (unpaired) electrons. The van der Waals surface area contributed by atoms with E-state index < -0.39 is 0 Å². The van der Waals surface area contributed by atoms with Gasteiger partial charge in [0.05, 0.1) is 0 Å². The molecule has 0 spiro atoms. The van der Waals surface area contributed by atoms with Gasteiger partial charge in [0.25, 0.3) is 0 Å². The second-order valence-corrected chi connectivity index (χ2v) is 6.00. The summed E-state index contributed by atoms with van der Waals surface area (Å²) in [6, 6.07) is 0. The average molecular weight is 201 g/mol. The maximum absolute atomic E-state index is 11.5. The zero-order valence-electron chi connectivity index (χ0n) is 8.72. The number of carbonyl (C=O) groups excluding carboxylic acids is 1. The van der Waals surface area contributed by atoms with Gasteiger partial charge in [0, 0.05) is 17.2 Å². The van der Waals surface area contributed by atoms with Crippen LogP contribution in [0.3, 0.4) is 0 Å². The first kappa shape index (κ1) is 10.9. The average Bonchev–Trinajstić information content (AvgIpc) is 2.50. The summed E-state index contributed by atoms with van der Waals surface area (Å²) >= 11 is 1.98. The number of nitrogens with one attached hydrogen (secondary N) is 1. The molecule has 1 unspecified atom stereocenters. The Labute approximate surface area is 84.9 Å². The quantitative estimate of drug-likeness (QED) is 0.741. The lowest BCUT2D eigenvalue weighted by atomic mass is 9.96. The lowest BCUT2D eigenvalue weighted by Crippen LogP contribution is -2.38. The molecule has 76 valence electrons. The van der Waals surface area contributed by atoms with Crippen molar-refractivity contribution in [3.8, 4) is 0 Å². The number of hydrogen-bond donors (Lipinski definition) is 1. The molecule has 1 aliphatic heterocycles. The van der Waals surface area contributed by atoms with Gasteiger partial charge in [-0.3, -0.25) is 4.79 Å². The lowest BCUT2D eigenvalue weighted by Gasteiger charge is -2.19. The first-order valence-electron chi connectivity index (χ1n) is 4.90. The second-order valence-electron chi connectivity index (χ2n) is 4.60. The van der Waals surface area contributed by atoms with Gasteiger partial charge in [0.15, 0.2) is 0 Å². The molecule has 1 amide bonds. The van der Waals surface area contributed by atoms with Crippen LogP contribution in [0, 0.1) is 5.41 Å². The van der Waals surface area contributed by atoms with Gasteiger partial charge < -0.3 is 5.32 Å². The van der Waals surface area contributed by atoms with Gasteiger partial charge in [-0.1, -0.05) is 20.8 Å². The first-order valence-corrected chi connectivity index (χ1v) is 5.95. The Bertz CT molecular complexity index is 180. The number of rotatable bonds is 2. The van der Waals surface area contributed by atoms with E-state index in [4.69, 9.17) is 0 Å². The molecule has 0 bridgehead atoms. The van der Waals surface area contributed by atoms with Crippen LogP contribution in [0.25, 0.3) is 0 Å². The van der Waals surface area contributed by atoms with Crippen molar-refractivity contribution in [3.63, 3.8) is 0 Å². The maximum atomic E-state index is 11.5. The number of hydrogen-bond acceptors (Lipinski definition) is 2. The van der Waals surface area contributed by atoms with Crippen molar-refractivity contribution in [2.24, 2.45) is 5.41 Å². The molecule has 1 fully saturated rings. The molecule has 0 aromatic heterocycles. The zero-order valence-corrected chi connectivity index (χ0v) is 9.54. The van der Waals surface area contributed by atoms with Crippen molar-refractivity contribution in [2.75, 3.05) is 12.3 Å². The van der Waals surface area contributed by atoms with E-state index in [1.54, 1.807) is 0 Å². The lowest BCUT2D eigenvalue weighted by molar-refractivity contribution is -0.128. The summed E-state index contributed by atoms with van der Waals surface area (Å²) < 4.78 is 0. The van der Waals surface area contributed by atoms with E-state index in [1.807, 2.05) is 32.5 Å². The predicted molar refractivity (Wildman–Crippen MR) is 57.9 cm³/mol. The molecule has 0 aliphatic carbocycles. The summed E-state index contributed by atoms with van der Waals surface area (Å²) in [4.78, 5) is 11.5. The van der Waals surface area contributed by atoms with Crippen molar-refractivity contribution in [1.82, 2.24) is 5.32 Å². The van der Waals surface area contributed by atoms with E-state index >= 15 is 0 Å². The van der Waals surface area contributed by atoms with Crippen LogP contribution in [0.2, 0.25) is 0 Å². The number of thioether (sulfide) groups is 1. The molecule has 0 aromatic carbocycles. The third-order valence-electron chi connectivity index (χ3n) is 2.20. The summed E-state index contributed by atoms with van der Waals surface area (Å²) in [6.07, 6.45) is 2.57. The van der Waals surface area contributed by atoms with Crippen LogP contribution >= 0.6 is 11.8 Å². The largest absolute Gasteiger partial charge is 0.355 e. The van der Waals surface area contributed by atoms with Crippen molar-refractivity contribution in [3.05, 3.63) is 0 Å². The van der Waals surface area contributed by atoms with Crippen molar-refractivity contribution < 1.29 is 4.79 Å². The highest BCUT2D eigenvalue weighted by atomic mass is 32.2. The smallest absolute Gasteiger partial charge is 0.225 e. The minimum atomic E-state index is -0.247. The maximum Gasteiger partial charge on any atom is 0.225 e. The summed E-state index contributed by atoms with van der Waals surface area (Å²) in [7, 11) is 0. The molecule has 1 saturated heterocycles. The van der Waals surface area contributed by atoms with E-state index in [1.165, 1.54) is 18.6 Å². The van der Waals surface area contributed by atoms with Crippen LogP contribution < -0.4 is 5.32 Å². The van der Waals surface area contributed by atoms with Gasteiger partial charge in [-0.15, -0.1) is 0 Å². The number of carbonyl (C=O) groups is 1. The third-order valence-corrected chi connectivity index (χ3v) is 3.59. The fourth-order valence-electron chi connectivity index (χ4n) is 1.28. The Morgan fingerprint density at radius 3 is 2.69 bits per heavy atom. The van der Waals surface area contributed by atoms with Crippen LogP contribution in [0.4, 0.5) is 0 Å². The summed E-state index contributed by atoms with van der Waals surface area (Å²) in [6.45, 7) is 6.69. The SMILES string of the molecule is CC(C)(C)C(=O)NCC1CCCS1. The zero-order chi connectivity index (χ0) is 9.90. The Morgan fingerprint density at radius 2 is 2.23 bits per heavy atom. The molecule has 1 aliphatic rings. The highest BCUT2D eigenvalue weighted by Gasteiger charge is 2.23. The molecule has 3 heteroatoms. The van der Waals surface area contributed by atoms with E-state index in [0.29, 0.717) is 5.25 Å². The van der Waals surface area contributed by atoms with Crippen LogP contribution in [0.1, 0.15) is 33.6 Å². The second kappa shape index (κ2) is 4.36. The van der Waals surface area contributed by atoms with Crippen molar-refractivity contribution in [1.29, 1.82) is 0 Å². The molecule has 0 saturated carbocycles. The van der Waals surface area contributed by atoms with Gasteiger partial charge in [-0.2, -0.15) is 11.8 Å². The first-order chi connectivity index (χ1) is 6.00. The number of amides is 1. The fourth-order valence-corrected chi connectivity index (χ4v) is 2.48. The van der Waals surface area contributed by atoms with E-state index in [2.05, 4.69) is 5.32 Å². The van der Waals surface area contributed by atoms with Crippen LogP contribution in [0.5, 0.6) is 0 Å². The van der Waals surface area contributed by atoms with Crippen molar-refractivity contribution in [2.45, 2.75) is 38.9 Å². The molecule has 2 nitrogen and oxygen atoms in total. The van der Waals surface area contributed by atoms with Gasteiger partial charge in [-0.25, -0.2) is 0 Å². The highest BCUT2D eigenvalue weighted by Crippen LogP contribution is 2.25. The Balaban J connectivity index is 2.22. The molecule has 1 N–H and O–H groups in total. The summed E-state index contributed by atoms with van der Waals surface area (Å²) in [5.74, 6) is 1.43. The van der Waals surface area contributed by atoms with Crippen LogP contribution in [-0.2, 0) is 4.79 Å². The van der Waals surface area contributed by atoms with Gasteiger partial charge >= 0.3 is 0 Å². The minimum Gasteiger partial charge on any atom is -0.355 e. The van der Waals surface area contributed by atoms with Gasteiger partial charge in [0.2, 0.25) is 5.91 Å². The fraction of sp³-hybridized carbons (Fsp3) is 0.900. The Kier molecular flexibility index (Phi) is 3.65.